The summed E-state index contributed by atoms with van der Waals surface area (Å²) in [5.41, 5.74) is 6.96. The number of rotatable bonds is 5. The molecule has 1 unspecified atom stereocenters. The molecule has 0 radical (unpaired) electrons. The highest BCUT2D eigenvalue weighted by atomic mass is 16.1. The van der Waals surface area contributed by atoms with Gasteiger partial charge in [0.05, 0.1) is 5.92 Å². The molecule has 1 rings (SSSR count). The second-order valence-electron chi connectivity index (χ2n) is 5.73. The van der Waals surface area contributed by atoms with E-state index < -0.39 is 0 Å². The smallest absolute Gasteiger partial charge is 0.141 e. The van der Waals surface area contributed by atoms with Crippen molar-refractivity contribution in [1.82, 2.24) is 0 Å². The van der Waals surface area contributed by atoms with E-state index in [0.717, 1.165) is 12.0 Å². The molecule has 0 fully saturated rings. The summed E-state index contributed by atoms with van der Waals surface area (Å²) in [4.78, 5) is 12.1. The molecule has 1 aromatic carbocycles. The van der Waals surface area contributed by atoms with Gasteiger partial charge in [0.25, 0.3) is 0 Å². The first-order chi connectivity index (χ1) is 7.94. The molecular weight excluding hydrogens is 210 g/mol. The van der Waals surface area contributed by atoms with Crippen LogP contribution < -0.4 is 5.73 Å². The van der Waals surface area contributed by atoms with Gasteiger partial charge in [0.15, 0.2) is 0 Å². The van der Waals surface area contributed by atoms with Crippen molar-refractivity contribution in [2.45, 2.75) is 39.5 Å². The van der Waals surface area contributed by atoms with Crippen LogP contribution in [0.1, 0.15) is 45.1 Å². The van der Waals surface area contributed by atoms with Gasteiger partial charge in [-0.05, 0) is 17.4 Å². The number of carbonyl (C=O) groups is 1. The van der Waals surface area contributed by atoms with Crippen LogP contribution in [0.5, 0.6) is 0 Å². The van der Waals surface area contributed by atoms with E-state index in [-0.39, 0.29) is 17.1 Å². The van der Waals surface area contributed by atoms with Gasteiger partial charge in [0.1, 0.15) is 5.78 Å². The van der Waals surface area contributed by atoms with Gasteiger partial charge in [-0.3, -0.25) is 4.79 Å². The maximum atomic E-state index is 12.1. The fourth-order valence-corrected chi connectivity index (χ4v) is 1.81. The predicted octanol–water partition coefficient (Wildman–Crippen LogP) is 3.12. The molecule has 0 aliphatic carbocycles. The molecule has 0 amide bonds. The number of nitrogens with two attached hydrogens (primary N) is 1. The van der Waals surface area contributed by atoms with Crippen LogP contribution in [0.3, 0.4) is 0 Å². The van der Waals surface area contributed by atoms with Gasteiger partial charge in [-0.15, -0.1) is 0 Å². The summed E-state index contributed by atoms with van der Waals surface area (Å²) >= 11 is 0. The maximum absolute atomic E-state index is 12.1. The zero-order chi connectivity index (χ0) is 12.9. The van der Waals surface area contributed by atoms with Crippen LogP contribution in [0.15, 0.2) is 30.3 Å². The second-order valence-corrected chi connectivity index (χ2v) is 5.73. The molecule has 0 saturated carbocycles. The van der Waals surface area contributed by atoms with Crippen molar-refractivity contribution in [1.29, 1.82) is 0 Å². The number of hydrogen-bond donors (Lipinski definition) is 1. The van der Waals surface area contributed by atoms with Gasteiger partial charge in [0.2, 0.25) is 0 Å². The molecule has 0 heterocycles. The van der Waals surface area contributed by atoms with E-state index in [1.807, 2.05) is 30.3 Å². The predicted molar refractivity (Wildman–Crippen MR) is 71.9 cm³/mol. The minimum atomic E-state index is -0.140. The fourth-order valence-electron chi connectivity index (χ4n) is 1.81. The Bertz CT molecular complexity index is 351. The molecule has 1 atom stereocenters. The monoisotopic (exact) mass is 233 g/mol. The largest absolute Gasteiger partial charge is 0.329 e. The lowest BCUT2D eigenvalue weighted by Crippen LogP contribution is -2.22. The van der Waals surface area contributed by atoms with Crippen LogP contribution >= 0.6 is 0 Å². The zero-order valence-electron chi connectivity index (χ0n) is 11.1. The van der Waals surface area contributed by atoms with Crippen LogP contribution in [0.2, 0.25) is 0 Å². The first-order valence-electron chi connectivity index (χ1n) is 6.22. The summed E-state index contributed by atoms with van der Waals surface area (Å²) in [7, 11) is 0. The van der Waals surface area contributed by atoms with Crippen LogP contribution in [-0.4, -0.2) is 12.3 Å². The topological polar surface area (TPSA) is 43.1 Å². The van der Waals surface area contributed by atoms with Crippen LogP contribution in [0, 0.1) is 5.41 Å². The van der Waals surface area contributed by atoms with E-state index in [4.69, 9.17) is 5.73 Å². The Morgan fingerprint density at radius 2 is 1.82 bits per heavy atom. The molecule has 2 nitrogen and oxygen atoms in total. The number of ketones is 1. The van der Waals surface area contributed by atoms with Crippen LogP contribution in [0.25, 0.3) is 0 Å². The third-order valence-electron chi connectivity index (χ3n) is 2.95. The molecule has 0 aliphatic rings. The number of benzene rings is 1. The van der Waals surface area contributed by atoms with Gasteiger partial charge < -0.3 is 5.73 Å². The molecule has 0 aromatic heterocycles. The van der Waals surface area contributed by atoms with Crippen molar-refractivity contribution in [2.75, 3.05) is 6.54 Å². The summed E-state index contributed by atoms with van der Waals surface area (Å²) < 4.78 is 0. The van der Waals surface area contributed by atoms with Gasteiger partial charge in [-0.25, -0.2) is 0 Å². The third-order valence-corrected chi connectivity index (χ3v) is 2.95. The van der Waals surface area contributed by atoms with E-state index in [1.165, 1.54) is 0 Å². The van der Waals surface area contributed by atoms with E-state index in [0.29, 0.717) is 13.0 Å². The third kappa shape index (κ3) is 4.70. The van der Waals surface area contributed by atoms with E-state index in [1.54, 1.807) is 0 Å². The van der Waals surface area contributed by atoms with Crippen molar-refractivity contribution in [3.05, 3.63) is 35.9 Å². The fraction of sp³-hybridized carbons (Fsp3) is 0.533. The number of hydrogen-bond acceptors (Lipinski definition) is 2. The molecule has 0 bridgehead atoms. The molecule has 94 valence electrons. The minimum Gasteiger partial charge on any atom is -0.329 e. The SMILES string of the molecule is CC(C)(C)CCC(=O)C(CN)c1ccccc1. The summed E-state index contributed by atoms with van der Waals surface area (Å²) in [6.45, 7) is 6.85. The molecule has 1 aromatic rings. The van der Waals surface area contributed by atoms with Gasteiger partial charge in [0, 0.05) is 13.0 Å². The summed E-state index contributed by atoms with van der Waals surface area (Å²) in [6.07, 6.45) is 1.52. The zero-order valence-corrected chi connectivity index (χ0v) is 11.1. The number of Topliss-reactive ketones (excluding diaryl/α,β-unsaturated/α-hetero) is 1. The quantitative estimate of drug-likeness (QED) is 0.849. The van der Waals surface area contributed by atoms with Gasteiger partial charge >= 0.3 is 0 Å². The summed E-state index contributed by atoms with van der Waals surface area (Å²) in [5, 5.41) is 0. The van der Waals surface area contributed by atoms with E-state index >= 15 is 0 Å². The highest BCUT2D eigenvalue weighted by Gasteiger charge is 2.20. The Hall–Kier alpha value is -1.15. The van der Waals surface area contributed by atoms with Crippen molar-refractivity contribution in [2.24, 2.45) is 11.1 Å². The lowest BCUT2D eigenvalue weighted by molar-refractivity contribution is -0.120. The Balaban J connectivity index is 2.66. The van der Waals surface area contributed by atoms with E-state index in [9.17, 15) is 4.79 Å². The summed E-state index contributed by atoms with van der Waals surface area (Å²) in [6, 6.07) is 9.82. The molecule has 2 heteroatoms. The molecular formula is C15H23NO. The Labute approximate surface area is 104 Å². The molecule has 2 N–H and O–H groups in total. The molecule has 0 saturated heterocycles. The first kappa shape index (κ1) is 13.9. The number of carbonyl (C=O) groups excluding carboxylic acids is 1. The van der Waals surface area contributed by atoms with Gasteiger partial charge in [-0.1, -0.05) is 51.1 Å². The van der Waals surface area contributed by atoms with E-state index in [2.05, 4.69) is 20.8 Å². The Morgan fingerprint density at radius 3 is 2.29 bits per heavy atom. The highest BCUT2D eigenvalue weighted by molar-refractivity contribution is 5.86. The molecule has 0 aliphatic heterocycles. The Morgan fingerprint density at radius 1 is 1.24 bits per heavy atom. The molecule has 17 heavy (non-hydrogen) atoms. The van der Waals surface area contributed by atoms with Crippen molar-refractivity contribution < 1.29 is 4.79 Å². The van der Waals surface area contributed by atoms with Crippen LogP contribution in [0.4, 0.5) is 0 Å². The second kappa shape index (κ2) is 5.97. The highest BCUT2D eigenvalue weighted by Crippen LogP contribution is 2.24. The van der Waals surface area contributed by atoms with Crippen molar-refractivity contribution >= 4 is 5.78 Å². The average molecular weight is 233 g/mol. The lowest BCUT2D eigenvalue weighted by atomic mass is 9.85. The lowest BCUT2D eigenvalue weighted by Gasteiger charge is -2.20. The molecule has 0 spiro atoms. The Kier molecular flexibility index (Phi) is 4.88. The standard InChI is InChI=1S/C15H23NO/c1-15(2,3)10-9-14(17)13(11-16)12-7-5-4-6-8-12/h4-8,13H,9-11,16H2,1-3H3. The van der Waals surface area contributed by atoms with Crippen molar-refractivity contribution in [3.8, 4) is 0 Å². The summed E-state index contributed by atoms with van der Waals surface area (Å²) in [5.74, 6) is 0.118. The van der Waals surface area contributed by atoms with Gasteiger partial charge in [-0.2, -0.15) is 0 Å². The van der Waals surface area contributed by atoms with Crippen LogP contribution in [-0.2, 0) is 4.79 Å². The first-order valence-corrected chi connectivity index (χ1v) is 6.22. The minimum absolute atomic E-state index is 0.140. The maximum Gasteiger partial charge on any atom is 0.141 e. The normalized spacial score (nSPS) is 13.4. The average Bonchev–Trinajstić information content (AvgIpc) is 2.28. The van der Waals surface area contributed by atoms with Crippen molar-refractivity contribution in [3.63, 3.8) is 0 Å².